The zero-order valence-corrected chi connectivity index (χ0v) is 38.6. The van der Waals surface area contributed by atoms with E-state index < -0.39 is 0 Å². The number of furan rings is 1. The molecule has 0 radical (unpaired) electrons. The molecule has 0 unspecified atom stereocenters. The van der Waals surface area contributed by atoms with Crippen LogP contribution in [0.4, 0.5) is 0 Å². The topological polar surface area (TPSA) is 55.1 Å². The van der Waals surface area contributed by atoms with Gasteiger partial charge in [0.1, 0.15) is 11.2 Å². The molecule has 0 atom stereocenters. The molecule has 0 saturated carbocycles. The second kappa shape index (κ2) is 16.1. The first kappa shape index (κ1) is 40.1. The third-order valence-corrected chi connectivity index (χ3v) is 15.1. The van der Waals surface area contributed by atoms with Gasteiger partial charge in [0.25, 0.3) is 0 Å². The van der Waals surface area contributed by atoms with E-state index in [1.807, 2.05) is 41.7 Å². The van der Waals surface area contributed by atoms with Crippen molar-refractivity contribution in [3.8, 4) is 16.8 Å². The predicted octanol–water partition coefficient (Wildman–Crippen LogP) is 17.3. The summed E-state index contributed by atoms with van der Waals surface area (Å²) < 4.78 is 11.5. The Morgan fingerprint density at radius 3 is 1.83 bits per heavy atom. The summed E-state index contributed by atoms with van der Waals surface area (Å²) in [7, 11) is 0. The van der Waals surface area contributed by atoms with Gasteiger partial charge in [0.05, 0.1) is 17.6 Å². The smallest absolute Gasteiger partial charge is 0.161 e. The molecule has 14 rings (SSSR count). The molecule has 0 aliphatic carbocycles. The molecule has 0 spiro atoms. The number of amidine groups is 2. The largest absolute Gasteiger partial charge is 0.456 e. The fourth-order valence-corrected chi connectivity index (χ4v) is 12.0. The Labute approximate surface area is 406 Å². The van der Waals surface area contributed by atoms with Gasteiger partial charge in [-0.05, 0) is 110 Å². The van der Waals surface area contributed by atoms with E-state index in [-0.39, 0.29) is 0 Å². The predicted molar refractivity (Wildman–Crippen MR) is 298 cm³/mol. The highest BCUT2D eigenvalue weighted by Crippen LogP contribution is 2.44. The van der Waals surface area contributed by atoms with Gasteiger partial charge in [-0.2, -0.15) is 0 Å². The first-order valence-electron chi connectivity index (χ1n) is 23.5. The molecule has 0 aliphatic rings. The molecule has 6 heteroatoms. The highest BCUT2D eigenvalue weighted by atomic mass is 32.1. The number of benzene rings is 11. The highest BCUT2D eigenvalue weighted by Gasteiger charge is 2.20. The molecule has 0 N–H and O–H groups in total. The SMILES string of the molecule is C=NC(=NC(=NCc1ccccc1)c1ccc2c3ccccc3c3ccccc3c2c1)c1cccc2oc3ccc(-c4cccc5sc6cc(-n7c8ccccc8c8ccccc87)ccc6c45)cc3c12. The molecule has 5 nitrogen and oxygen atoms in total. The molecule has 0 fully saturated rings. The molecule has 3 heterocycles. The molecule has 0 aliphatic heterocycles. The van der Waals surface area contributed by atoms with Crippen LogP contribution in [0.2, 0.25) is 0 Å². The maximum atomic E-state index is 6.60. The maximum Gasteiger partial charge on any atom is 0.161 e. The molecule has 0 bridgehead atoms. The van der Waals surface area contributed by atoms with E-state index in [1.54, 1.807) is 0 Å². The zero-order chi connectivity index (χ0) is 46.3. The van der Waals surface area contributed by atoms with E-state index in [0.29, 0.717) is 18.2 Å². The van der Waals surface area contributed by atoms with Crippen LogP contribution in [0.1, 0.15) is 16.7 Å². The lowest BCUT2D eigenvalue weighted by Crippen LogP contribution is -2.06. The fourth-order valence-electron chi connectivity index (χ4n) is 10.8. The number of para-hydroxylation sites is 2. The quantitative estimate of drug-likeness (QED) is 0.0931. The van der Waals surface area contributed by atoms with Crippen LogP contribution < -0.4 is 0 Å². The number of aromatic nitrogens is 1. The van der Waals surface area contributed by atoms with Crippen molar-refractivity contribution in [3.63, 3.8) is 0 Å². The van der Waals surface area contributed by atoms with Crippen molar-refractivity contribution in [1.29, 1.82) is 0 Å². The summed E-state index contributed by atoms with van der Waals surface area (Å²) >= 11 is 1.84. The minimum atomic E-state index is 0.451. The van der Waals surface area contributed by atoms with E-state index >= 15 is 0 Å². The van der Waals surface area contributed by atoms with Crippen molar-refractivity contribution < 1.29 is 4.42 Å². The van der Waals surface area contributed by atoms with Crippen molar-refractivity contribution in [3.05, 3.63) is 235 Å². The van der Waals surface area contributed by atoms with Gasteiger partial charge in [0.2, 0.25) is 0 Å². The number of nitrogens with zero attached hydrogens (tertiary/aromatic N) is 4. The minimum absolute atomic E-state index is 0.451. The van der Waals surface area contributed by atoms with Crippen LogP contribution in [-0.2, 0) is 6.54 Å². The molecule has 0 amide bonds. The molecule has 0 saturated heterocycles. The van der Waals surface area contributed by atoms with E-state index in [9.17, 15) is 0 Å². The molecule has 328 valence electrons. The summed E-state index contributed by atoms with van der Waals surface area (Å²) in [5.41, 5.74) is 10.2. The Morgan fingerprint density at radius 1 is 0.457 bits per heavy atom. The first-order valence-corrected chi connectivity index (χ1v) is 24.4. The Kier molecular flexibility index (Phi) is 9.22. The fraction of sp³-hybridized carbons (Fsp3) is 0.0156. The second-order valence-electron chi connectivity index (χ2n) is 17.9. The van der Waals surface area contributed by atoms with Crippen molar-refractivity contribution in [1.82, 2.24) is 4.57 Å². The van der Waals surface area contributed by atoms with E-state index in [4.69, 9.17) is 14.4 Å². The summed E-state index contributed by atoms with van der Waals surface area (Å²) in [5.74, 6) is 1.05. The average molecular weight is 913 g/mol. The monoisotopic (exact) mass is 912 g/mol. The number of aliphatic imine (C=N–C) groups is 3. The molecular formula is C64H40N4OS. The number of hydrogen-bond acceptors (Lipinski definition) is 3. The summed E-state index contributed by atoms with van der Waals surface area (Å²) in [6, 6.07) is 77.7. The zero-order valence-electron chi connectivity index (χ0n) is 37.8. The summed E-state index contributed by atoms with van der Waals surface area (Å²) in [5, 5.41) is 14.1. The number of fused-ring (bicyclic) bond motifs is 15. The van der Waals surface area contributed by atoms with Gasteiger partial charge >= 0.3 is 0 Å². The lowest BCUT2D eigenvalue weighted by molar-refractivity contribution is 0.669. The number of hydrogen-bond donors (Lipinski definition) is 0. The normalized spacial score (nSPS) is 12.6. The van der Waals surface area contributed by atoms with Crippen molar-refractivity contribution in [2.45, 2.75) is 6.54 Å². The van der Waals surface area contributed by atoms with Crippen molar-refractivity contribution in [2.75, 3.05) is 0 Å². The molecule has 11 aromatic carbocycles. The third-order valence-electron chi connectivity index (χ3n) is 14.0. The van der Waals surface area contributed by atoms with Crippen molar-refractivity contribution in [2.24, 2.45) is 15.0 Å². The van der Waals surface area contributed by atoms with Crippen molar-refractivity contribution >= 4 is 126 Å². The van der Waals surface area contributed by atoms with Crippen LogP contribution in [0.3, 0.4) is 0 Å². The third kappa shape index (κ3) is 6.34. The van der Waals surface area contributed by atoms with Crippen LogP contribution >= 0.6 is 11.3 Å². The minimum Gasteiger partial charge on any atom is -0.456 e. The Bertz CT molecular complexity index is 4440. The van der Waals surface area contributed by atoms with Crippen LogP contribution in [0.25, 0.3) is 113 Å². The van der Waals surface area contributed by atoms with E-state index in [1.165, 1.54) is 74.5 Å². The van der Waals surface area contributed by atoms with Gasteiger partial charge in [0.15, 0.2) is 11.7 Å². The van der Waals surface area contributed by atoms with Crippen LogP contribution in [0.15, 0.2) is 238 Å². The van der Waals surface area contributed by atoms with Gasteiger partial charge in [-0.1, -0.05) is 164 Å². The number of thiophene rings is 1. The Balaban J connectivity index is 0.911. The van der Waals surface area contributed by atoms with Crippen LogP contribution in [-0.4, -0.2) is 23.0 Å². The standard InChI is InChI=1S/C64H40N4OS/c1-65-64(67-63(66-38-39-15-3-2-4-16-39)41-29-32-48-46-19-6-5-17-44(46)45-18-7-8-20-47(45)53(48)36-41)52-24-13-27-58-61(52)54-35-40(30-34-57(54)69-58)43-23-14-28-59-62(43)51-33-31-42(37-60(51)70-59)68-55-25-11-9-21-49(55)50-22-10-12-26-56(50)68/h2-37H,1,38H2. The maximum absolute atomic E-state index is 6.60. The van der Waals surface area contributed by atoms with Gasteiger partial charge in [0, 0.05) is 58.5 Å². The molecule has 3 aromatic heterocycles. The molecule has 14 aromatic rings. The van der Waals surface area contributed by atoms with Gasteiger partial charge in [-0.15, -0.1) is 11.3 Å². The number of rotatable bonds is 6. The lowest BCUT2D eigenvalue weighted by Gasteiger charge is -2.12. The van der Waals surface area contributed by atoms with Crippen LogP contribution in [0, 0.1) is 0 Å². The highest BCUT2D eigenvalue weighted by molar-refractivity contribution is 7.26. The summed E-state index contributed by atoms with van der Waals surface area (Å²) in [6.07, 6.45) is 0. The average Bonchev–Trinajstić information content (AvgIpc) is 4.10. The second-order valence-corrected chi connectivity index (χ2v) is 19.0. The van der Waals surface area contributed by atoms with Gasteiger partial charge in [-0.3, -0.25) is 4.99 Å². The summed E-state index contributed by atoms with van der Waals surface area (Å²) in [4.78, 5) is 15.2. The van der Waals surface area contributed by atoms with Crippen LogP contribution in [0.5, 0.6) is 0 Å². The van der Waals surface area contributed by atoms with E-state index in [0.717, 1.165) is 55.3 Å². The Morgan fingerprint density at radius 2 is 1.10 bits per heavy atom. The lowest BCUT2D eigenvalue weighted by atomic mass is 9.93. The van der Waals surface area contributed by atoms with Gasteiger partial charge in [-0.25, -0.2) is 9.98 Å². The molecular weight excluding hydrogens is 873 g/mol. The molecule has 70 heavy (non-hydrogen) atoms. The first-order chi connectivity index (χ1) is 34.7. The summed E-state index contributed by atoms with van der Waals surface area (Å²) in [6.45, 7) is 4.56. The van der Waals surface area contributed by atoms with Gasteiger partial charge < -0.3 is 8.98 Å². The Hall–Kier alpha value is -8.97. The van der Waals surface area contributed by atoms with E-state index in [2.05, 4.69) is 204 Å².